The van der Waals surface area contributed by atoms with Crippen LogP contribution in [0.3, 0.4) is 0 Å². The number of amides is 1. The summed E-state index contributed by atoms with van der Waals surface area (Å²) in [5.74, 6) is -0.517. The lowest BCUT2D eigenvalue weighted by Gasteiger charge is -2.45. The Labute approximate surface area is 226 Å². The lowest BCUT2D eigenvalue weighted by atomic mass is 9.66. The largest absolute Gasteiger partial charge is 0.469 e. The van der Waals surface area contributed by atoms with E-state index in [2.05, 4.69) is 40.6 Å². The Morgan fingerprint density at radius 1 is 1.08 bits per heavy atom. The fourth-order valence-corrected chi connectivity index (χ4v) is 7.18. The molecule has 1 saturated carbocycles. The van der Waals surface area contributed by atoms with Gasteiger partial charge in [-0.25, -0.2) is 0 Å². The van der Waals surface area contributed by atoms with E-state index in [1.807, 2.05) is 57.2 Å². The quantitative estimate of drug-likeness (QED) is 0.291. The highest BCUT2D eigenvalue weighted by Gasteiger charge is 2.69. The monoisotopic (exact) mass is 516 g/mol. The maximum absolute atomic E-state index is 13.5. The Bertz CT molecular complexity index is 1200. The van der Waals surface area contributed by atoms with Crippen LogP contribution in [0, 0.1) is 16.7 Å². The molecule has 4 atom stereocenters. The predicted octanol–water partition coefficient (Wildman–Crippen LogP) is 5.34. The van der Waals surface area contributed by atoms with Gasteiger partial charge in [-0.05, 0) is 43.0 Å². The molecule has 3 aliphatic rings. The zero-order chi connectivity index (χ0) is 27.0. The number of carbonyl (C=O) groups excluding carboxylic acids is 2. The molecule has 6 heteroatoms. The molecule has 2 aliphatic heterocycles. The molecule has 0 aromatic heterocycles. The molecule has 1 aliphatic carbocycles. The molecule has 2 aromatic carbocycles. The highest BCUT2D eigenvalue weighted by molar-refractivity contribution is 5.95. The van der Waals surface area contributed by atoms with Crippen molar-refractivity contribution >= 4 is 17.6 Å². The molecule has 0 bridgehead atoms. The summed E-state index contributed by atoms with van der Waals surface area (Å²) >= 11 is 0. The molecule has 38 heavy (non-hydrogen) atoms. The van der Waals surface area contributed by atoms with E-state index in [1.54, 1.807) is 0 Å². The standard InChI is InChI=1S/C32H40N2O4/c1-30(2,3)29(36)33-26-14-9-8-13-24(26)32-16-19-34-18-10-15-31(28(32)34,21-25(32)27(35)37-4)17-20-38-22-23-11-6-5-7-12-23/h5-15,25,28H,16-22H2,1-4H3,(H,33,36)/t25-,28?,31?,32-/m0/s1. The van der Waals surface area contributed by atoms with Gasteiger partial charge in [0.15, 0.2) is 0 Å². The normalized spacial score (nSPS) is 28.2. The highest BCUT2D eigenvalue weighted by Crippen LogP contribution is 2.65. The third-order valence-corrected chi connectivity index (χ3v) is 8.87. The van der Waals surface area contributed by atoms with Gasteiger partial charge in [0.05, 0.1) is 19.6 Å². The third-order valence-electron chi connectivity index (χ3n) is 8.87. The number of esters is 1. The van der Waals surface area contributed by atoms with Gasteiger partial charge in [0.1, 0.15) is 0 Å². The second kappa shape index (κ2) is 10.3. The number of carbonyl (C=O) groups is 2. The molecule has 2 heterocycles. The average molecular weight is 517 g/mol. The van der Waals surface area contributed by atoms with Crippen LogP contribution in [0.5, 0.6) is 0 Å². The number of anilines is 1. The van der Waals surface area contributed by atoms with E-state index in [9.17, 15) is 9.59 Å². The molecule has 1 saturated heterocycles. The van der Waals surface area contributed by atoms with Crippen molar-refractivity contribution in [3.8, 4) is 0 Å². The summed E-state index contributed by atoms with van der Waals surface area (Å²) in [4.78, 5) is 29.1. The van der Waals surface area contributed by atoms with Crippen LogP contribution < -0.4 is 5.32 Å². The van der Waals surface area contributed by atoms with Crippen molar-refractivity contribution in [2.45, 2.75) is 58.1 Å². The molecular weight excluding hydrogens is 476 g/mol. The van der Waals surface area contributed by atoms with E-state index in [1.165, 1.54) is 7.11 Å². The van der Waals surface area contributed by atoms with Crippen molar-refractivity contribution in [3.05, 3.63) is 77.9 Å². The second-order valence-corrected chi connectivity index (χ2v) is 12.1. The predicted molar refractivity (Wildman–Crippen MR) is 149 cm³/mol. The first-order valence-corrected chi connectivity index (χ1v) is 13.7. The molecule has 6 nitrogen and oxygen atoms in total. The summed E-state index contributed by atoms with van der Waals surface area (Å²) in [6.07, 6.45) is 6.97. The SMILES string of the molecule is COC(=O)[C@@H]1CC2(CCOCc3ccccc3)C=CCN3CC[C@@]1(c1ccccc1NC(=O)C(C)(C)C)C32. The van der Waals surface area contributed by atoms with E-state index in [-0.39, 0.29) is 29.3 Å². The molecule has 2 aromatic rings. The number of rotatable bonds is 8. The minimum atomic E-state index is -0.530. The van der Waals surface area contributed by atoms with Gasteiger partial charge in [0.25, 0.3) is 0 Å². The highest BCUT2D eigenvalue weighted by atomic mass is 16.5. The van der Waals surface area contributed by atoms with Crippen LogP contribution in [0.1, 0.15) is 51.2 Å². The Morgan fingerprint density at radius 2 is 1.82 bits per heavy atom. The number of para-hydroxylation sites is 1. The number of benzene rings is 2. The summed E-state index contributed by atoms with van der Waals surface area (Å²) in [6, 6.07) is 18.4. The summed E-state index contributed by atoms with van der Waals surface area (Å²) in [5.41, 5.74) is 1.79. The van der Waals surface area contributed by atoms with E-state index in [0.717, 1.165) is 42.7 Å². The molecule has 0 spiro atoms. The summed E-state index contributed by atoms with van der Waals surface area (Å²) in [7, 11) is 1.49. The van der Waals surface area contributed by atoms with Crippen molar-refractivity contribution in [1.29, 1.82) is 0 Å². The van der Waals surface area contributed by atoms with Gasteiger partial charge >= 0.3 is 5.97 Å². The zero-order valence-electron chi connectivity index (χ0n) is 23.0. The summed E-state index contributed by atoms with van der Waals surface area (Å²) in [5, 5.41) is 3.21. The number of methoxy groups -OCH3 is 1. The van der Waals surface area contributed by atoms with Crippen molar-refractivity contribution in [2.24, 2.45) is 16.7 Å². The van der Waals surface area contributed by atoms with Gasteiger partial charge in [-0.1, -0.05) is 81.5 Å². The first kappa shape index (κ1) is 26.6. The number of ether oxygens (including phenoxy) is 2. The van der Waals surface area contributed by atoms with E-state index < -0.39 is 10.8 Å². The van der Waals surface area contributed by atoms with E-state index >= 15 is 0 Å². The van der Waals surface area contributed by atoms with Crippen LogP contribution in [0.15, 0.2) is 66.7 Å². The average Bonchev–Trinajstić information content (AvgIpc) is 3.45. The molecule has 2 fully saturated rings. The first-order chi connectivity index (χ1) is 18.2. The topological polar surface area (TPSA) is 67.9 Å². The van der Waals surface area contributed by atoms with Gasteiger partial charge < -0.3 is 14.8 Å². The van der Waals surface area contributed by atoms with Crippen LogP contribution in [0.25, 0.3) is 0 Å². The molecule has 5 rings (SSSR count). The number of hydrogen-bond acceptors (Lipinski definition) is 5. The van der Waals surface area contributed by atoms with Crippen molar-refractivity contribution in [3.63, 3.8) is 0 Å². The fraction of sp³-hybridized carbons (Fsp3) is 0.500. The van der Waals surface area contributed by atoms with Crippen LogP contribution in [0.4, 0.5) is 5.69 Å². The van der Waals surface area contributed by atoms with Crippen LogP contribution in [-0.4, -0.2) is 49.6 Å². The number of hydrogen-bond donors (Lipinski definition) is 1. The van der Waals surface area contributed by atoms with Gasteiger partial charge in [-0.3, -0.25) is 14.5 Å². The van der Waals surface area contributed by atoms with E-state index in [4.69, 9.17) is 9.47 Å². The Morgan fingerprint density at radius 3 is 2.55 bits per heavy atom. The lowest BCUT2D eigenvalue weighted by Crippen LogP contribution is -2.51. The van der Waals surface area contributed by atoms with Crippen LogP contribution in [0.2, 0.25) is 0 Å². The van der Waals surface area contributed by atoms with Crippen molar-refractivity contribution < 1.29 is 19.1 Å². The second-order valence-electron chi connectivity index (χ2n) is 12.1. The minimum Gasteiger partial charge on any atom is -0.469 e. The van der Waals surface area contributed by atoms with Crippen molar-refractivity contribution in [1.82, 2.24) is 4.90 Å². The number of nitrogens with zero attached hydrogens (tertiary/aromatic N) is 1. The van der Waals surface area contributed by atoms with Crippen molar-refractivity contribution in [2.75, 3.05) is 32.1 Å². The smallest absolute Gasteiger partial charge is 0.309 e. The lowest BCUT2D eigenvalue weighted by molar-refractivity contribution is -0.147. The molecule has 2 unspecified atom stereocenters. The molecule has 1 N–H and O–H groups in total. The van der Waals surface area contributed by atoms with Gasteiger partial charge in [0.2, 0.25) is 5.91 Å². The van der Waals surface area contributed by atoms with Gasteiger partial charge in [-0.15, -0.1) is 0 Å². The van der Waals surface area contributed by atoms with E-state index in [0.29, 0.717) is 19.6 Å². The first-order valence-electron chi connectivity index (χ1n) is 13.7. The Hall–Kier alpha value is -2.96. The molecule has 1 amide bonds. The Kier molecular flexibility index (Phi) is 7.23. The zero-order valence-corrected chi connectivity index (χ0v) is 23.0. The molecule has 0 radical (unpaired) electrons. The molecule has 202 valence electrons. The summed E-state index contributed by atoms with van der Waals surface area (Å²) in [6.45, 7) is 8.69. The van der Waals surface area contributed by atoms with Gasteiger partial charge in [0, 0.05) is 41.1 Å². The maximum Gasteiger partial charge on any atom is 0.309 e. The fourth-order valence-electron chi connectivity index (χ4n) is 7.18. The molecular formula is C32H40N2O4. The minimum absolute atomic E-state index is 0.0343. The van der Waals surface area contributed by atoms with Crippen LogP contribution >= 0.6 is 0 Å². The third kappa shape index (κ3) is 4.58. The van der Waals surface area contributed by atoms with Crippen LogP contribution in [-0.2, 0) is 31.1 Å². The Balaban J connectivity index is 1.51. The summed E-state index contributed by atoms with van der Waals surface area (Å²) < 4.78 is 11.6. The van der Waals surface area contributed by atoms with Gasteiger partial charge in [-0.2, -0.15) is 0 Å². The number of nitrogens with one attached hydrogen (secondary N) is 1. The maximum atomic E-state index is 13.5.